The van der Waals surface area contributed by atoms with E-state index < -0.39 is 35.3 Å². The Morgan fingerprint density at radius 1 is 1.10 bits per heavy atom. The molecule has 0 radical (unpaired) electrons. The highest BCUT2D eigenvalue weighted by Gasteiger charge is 2.38. The van der Waals surface area contributed by atoms with Crippen molar-refractivity contribution < 1.29 is 31.5 Å². The highest BCUT2D eigenvalue weighted by atomic mass is 19.4. The van der Waals surface area contributed by atoms with Crippen LogP contribution in [0.15, 0.2) is 18.3 Å². The average Bonchev–Trinajstić information content (AvgIpc) is 3.59. The van der Waals surface area contributed by atoms with E-state index in [1.165, 1.54) is 16.9 Å². The minimum absolute atomic E-state index is 0.0683. The lowest BCUT2D eigenvalue weighted by molar-refractivity contribution is -0.137. The molecule has 5 rings (SSSR count). The van der Waals surface area contributed by atoms with Gasteiger partial charge in [-0.15, -0.1) is 5.10 Å². The molecule has 1 atom stereocenters. The molecule has 2 aromatic heterocycles. The molecule has 1 saturated heterocycles. The van der Waals surface area contributed by atoms with Gasteiger partial charge in [0, 0.05) is 37.7 Å². The third-order valence-corrected chi connectivity index (χ3v) is 8.33. The molecule has 230 valence electrons. The lowest BCUT2D eigenvalue weighted by Gasteiger charge is -2.33. The third-order valence-electron chi connectivity index (χ3n) is 8.33. The van der Waals surface area contributed by atoms with Crippen LogP contribution >= 0.6 is 0 Å². The van der Waals surface area contributed by atoms with E-state index in [9.17, 15) is 31.5 Å². The van der Waals surface area contributed by atoms with Crippen molar-refractivity contribution in [2.24, 2.45) is 0 Å². The fourth-order valence-corrected chi connectivity index (χ4v) is 5.91. The molecule has 2 amide bonds. The Labute approximate surface area is 240 Å². The number of likely N-dealkylation sites (tertiary alicyclic amines) is 1. The van der Waals surface area contributed by atoms with Crippen molar-refractivity contribution in [3.63, 3.8) is 0 Å². The summed E-state index contributed by atoms with van der Waals surface area (Å²) in [5, 5.41) is 10.0. The first-order chi connectivity index (χ1) is 20.0. The molecular weight excluding hydrogens is 561 g/mol. The van der Waals surface area contributed by atoms with Gasteiger partial charge in [0.25, 0.3) is 11.8 Å². The van der Waals surface area contributed by atoms with E-state index in [1.807, 2.05) is 0 Å². The summed E-state index contributed by atoms with van der Waals surface area (Å²) in [6.45, 7) is 0.354. The lowest BCUT2D eigenvalue weighted by atomic mass is 9.93. The van der Waals surface area contributed by atoms with Crippen LogP contribution in [-0.4, -0.2) is 74.1 Å². The minimum Gasteiger partial charge on any atom is -0.353 e. The second-order valence-electron chi connectivity index (χ2n) is 11.6. The molecule has 1 aliphatic heterocycles. The third kappa shape index (κ3) is 7.42. The van der Waals surface area contributed by atoms with Crippen LogP contribution in [0, 0.1) is 0 Å². The van der Waals surface area contributed by atoms with Gasteiger partial charge in [-0.2, -0.15) is 13.2 Å². The van der Waals surface area contributed by atoms with Gasteiger partial charge in [0.15, 0.2) is 5.82 Å². The van der Waals surface area contributed by atoms with Crippen molar-refractivity contribution in [1.29, 1.82) is 0 Å². The van der Waals surface area contributed by atoms with Crippen LogP contribution in [0.3, 0.4) is 0 Å². The van der Waals surface area contributed by atoms with Crippen LogP contribution in [0.25, 0.3) is 11.5 Å². The molecule has 1 unspecified atom stereocenters. The summed E-state index contributed by atoms with van der Waals surface area (Å²) in [4.78, 5) is 36.0. The zero-order chi connectivity index (χ0) is 29.9. The van der Waals surface area contributed by atoms with Gasteiger partial charge in [-0.1, -0.05) is 12.8 Å². The first kappa shape index (κ1) is 30.3. The first-order valence-electron chi connectivity index (χ1n) is 14.7. The number of halogens is 5. The number of nitrogens with zero attached hydrogens (tertiary/aromatic N) is 5. The monoisotopic (exact) mass is 597 g/mol. The Bertz CT molecular complexity index is 1260. The molecule has 42 heavy (non-hydrogen) atoms. The number of hydrogen-bond donors (Lipinski definition) is 2. The number of nitrogens with one attached hydrogen (secondary N) is 2. The quantitative estimate of drug-likeness (QED) is 0.383. The van der Waals surface area contributed by atoms with Gasteiger partial charge < -0.3 is 10.6 Å². The largest absolute Gasteiger partial charge is 0.418 e. The van der Waals surface area contributed by atoms with Crippen molar-refractivity contribution in [1.82, 2.24) is 35.3 Å². The lowest BCUT2D eigenvalue weighted by Crippen LogP contribution is -2.47. The Hall–Kier alpha value is -3.16. The zero-order valence-corrected chi connectivity index (χ0v) is 23.3. The number of hydrogen-bond acceptors (Lipinski definition) is 6. The van der Waals surface area contributed by atoms with E-state index in [4.69, 9.17) is 0 Å². The Balaban J connectivity index is 1.37. The van der Waals surface area contributed by atoms with Gasteiger partial charge in [-0.3, -0.25) is 19.5 Å². The topological polar surface area (TPSA) is 105 Å². The van der Waals surface area contributed by atoms with Gasteiger partial charge in [0.1, 0.15) is 5.69 Å². The fourth-order valence-electron chi connectivity index (χ4n) is 5.91. The predicted molar refractivity (Wildman–Crippen MR) is 143 cm³/mol. The van der Waals surface area contributed by atoms with E-state index in [0.29, 0.717) is 25.8 Å². The molecule has 0 bridgehead atoms. The molecule has 0 aromatic carbocycles. The summed E-state index contributed by atoms with van der Waals surface area (Å²) < 4.78 is 70.8. The van der Waals surface area contributed by atoms with E-state index in [1.54, 1.807) is 4.90 Å². The smallest absolute Gasteiger partial charge is 0.353 e. The number of rotatable bonds is 10. The number of carbonyl (C=O) groups excluding carboxylic acids is 2. The molecule has 3 aliphatic rings. The van der Waals surface area contributed by atoms with Crippen molar-refractivity contribution in [3.05, 3.63) is 29.7 Å². The molecule has 14 heteroatoms. The zero-order valence-electron chi connectivity index (χ0n) is 23.3. The first-order valence-corrected chi connectivity index (χ1v) is 14.7. The maximum absolute atomic E-state index is 13.9. The predicted octanol–water partition coefficient (Wildman–Crippen LogP) is 4.75. The van der Waals surface area contributed by atoms with Gasteiger partial charge in [-0.25, -0.2) is 18.4 Å². The Morgan fingerprint density at radius 3 is 2.52 bits per heavy atom. The normalized spacial score (nSPS) is 20.7. The molecule has 3 heterocycles. The summed E-state index contributed by atoms with van der Waals surface area (Å²) in [6.07, 6.45) is 2.76. The van der Waals surface area contributed by atoms with E-state index >= 15 is 0 Å². The summed E-state index contributed by atoms with van der Waals surface area (Å²) in [6, 6.07) is 1.24. The van der Waals surface area contributed by atoms with Gasteiger partial charge in [0.2, 0.25) is 11.7 Å². The summed E-state index contributed by atoms with van der Waals surface area (Å²) >= 11 is 0. The van der Waals surface area contributed by atoms with Crippen molar-refractivity contribution in [2.45, 2.75) is 101 Å². The van der Waals surface area contributed by atoms with Gasteiger partial charge in [-0.05, 0) is 63.6 Å². The van der Waals surface area contributed by atoms with Crippen LogP contribution in [0.1, 0.15) is 92.9 Å². The molecule has 9 nitrogen and oxygen atoms in total. The van der Waals surface area contributed by atoms with Crippen LogP contribution in [-0.2, 0) is 11.0 Å². The van der Waals surface area contributed by atoms with Crippen molar-refractivity contribution in [3.8, 4) is 11.5 Å². The second-order valence-corrected chi connectivity index (χ2v) is 11.6. The summed E-state index contributed by atoms with van der Waals surface area (Å²) in [5.74, 6) is -4.27. The fraction of sp³-hybridized carbons (Fsp3) is 0.679. The molecular formula is C28H36F5N7O2. The van der Waals surface area contributed by atoms with Crippen LogP contribution in [0.5, 0.6) is 0 Å². The van der Waals surface area contributed by atoms with Crippen LogP contribution < -0.4 is 10.6 Å². The van der Waals surface area contributed by atoms with Crippen LogP contribution in [0.2, 0.25) is 0 Å². The number of piperidine rings is 1. The standard InChI is InChI=1S/C28H36F5N7O2/c29-27(30)12-5-14-39(17-27)15-11-19(16-22(41)35-18-6-3-7-18)36-26(42)24-37-25(40(38-24)20-8-1-2-9-20)23-21(28(31,32)33)10-4-13-34-23/h4,10,13,18-20H,1-3,5-9,11-12,14-17H2,(H,35,41)(H,36,42). The molecule has 2 aliphatic carbocycles. The summed E-state index contributed by atoms with van der Waals surface area (Å²) in [7, 11) is 0. The molecule has 2 N–H and O–H groups in total. The molecule has 2 saturated carbocycles. The Morgan fingerprint density at radius 2 is 1.86 bits per heavy atom. The number of aromatic nitrogens is 4. The van der Waals surface area contributed by atoms with E-state index in [-0.39, 0.29) is 62.0 Å². The van der Waals surface area contributed by atoms with E-state index in [2.05, 4.69) is 25.7 Å². The minimum atomic E-state index is -4.69. The maximum Gasteiger partial charge on any atom is 0.418 e. The summed E-state index contributed by atoms with van der Waals surface area (Å²) in [5.41, 5.74) is -1.39. The number of pyridine rings is 1. The molecule has 0 spiro atoms. The molecule has 2 aromatic rings. The second kappa shape index (κ2) is 12.6. The molecule has 3 fully saturated rings. The average molecular weight is 598 g/mol. The van der Waals surface area contributed by atoms with Crippen molar-refractivity contribution >= 4 is 11.8 Å². The highest BCUT2D eigenvalue weighted by molar-refractivity contribution is 5.91. The number of carbonyl (C=O) groups is 2. The number of alkyl halides is 5. The number of amides is 2. The Kier molecular flexibility index (Phi) is 9.09. The maximum atomic E-state index is 13.9. The van der Waals surface area contributed by atoms with E-state index in [0.717, 1.165) is 38.2 Å². The van der Waals surface area contributed by atoms with Crippen molar-refractivity contribution in [2.75, 3.05) is 19.6 Å². The van der Waals surface area contributed by atoms with Gasteiger partial charge in [0.05, 0.1) is 18.2 Å². The van der Waals surface area contributed by atoms with Gasteiger partial charge >= 0.3 is 6.18 Å². The van der Waals surface area contributed by atoms with Crippen LogP contribution in [0.4, 0.5) is 22.0 Å². The highest BCUT2D eigenvalue weighted by Crippen LogP contribution is 2.38. The SMILES string of the molecule is O=C(CC(CCN1CCCC(F)(F)C1)NC(=O)c1nc(-c2ncccc2C(F)(F)F)n(C2CCCC2)n1)NC1CCC1.